The van der Waals surface area contributed by atoms with Crippen LogP contribution in [0.4, 0.5) is 0 Å². The molecule has 17 heavy (non-hydrogen) atoms. The highest BCUT2D eigenvalue weighted by Gasteiger charge is 2.18. The molecule has 0 amide bonds. The van der Waals surface area contributed by atoms with E-state index in [1.165, 1.54) is 24.8 Å². The fourth-order valence-electron chi connectivity index (χ4n) is 2.20. The molecule has 1 atom stereocenters. The molecular formula is C13H19BrClNO. The van der Waals surface area contributed by atoms with Crippen molar-refractivity contribution < 1.29 is 4.74 Å². The Labute approximate surface area is 118 Å². The van der Waals surface area contributed by atoms with Crippen molar-refractivity contribution in [2.45, 2.75) is 32.2 Å². The lowest BCUT2D eigenvalue weighted by Gasteiger charge is -2.25. The van der Waals surface area contributed by atoms with Gasteiger partial charge in [-0.1, -0.05) is 22.4 Å². The molecule has 1 saturated heterocycles. The molecule has 0 aromatic heterocycles. The van der Waals surface area contributed by atoms with Crippen LogP contribution in [0.3, 0.4) is 0 Å². The van der Waals surface area contributed by atoms with Crippen LogP contribution in [0, 0.1) is 0 Å². The lowest BCUT2D eigenvalue weighted by molar-refractivity contribution is 0.324. The summed E-state index contributed by atoms with van der Waals surface area (Å²) in [7, 11) is 0. The van der Waals surface area contributed by atoms with Gasteiger partial charge < -0.3 is 10.1 Å². The third-order valence-electron chi connectivity index (χ3n) is 2.96. The SMILES string of the molecule is CCOc1ccc(Br)cc1[C@H]1CCCCN1.Cl. The van der Waals surface area contributed by atoms with Crippen LogP contribution < -0.4 is 10.1 Å². The maximum Gasteiger partial charge on any atom is 0.124 e. The molecule has 1 fully saturated rings. The number of halogens is 2. The molecule has 0 bridgehead atoms. The Balaban J connectivity index is 0.00000144. The van der Waals surface area contributed by atoms with Gasteiger partial charge >= 0.3 is 0 Å². The first-order chi connectivity index (χ1) is 7.81. The molecule has 96 valence electrons. The highest BCUT2D eigenvalue weighted by Crippen LogP contribution is 2.32. The van der Waals surface area contributed by atoms with Crippen LogP contribution in [0.15, 0.2) is 22.7 Å². The third kappa shape index (κ3) is 3.87. The number of hydrogen-bond donors (Lipinski definition) is 1. The topological polar surface area (TPSA) is 21.3 Å². The predicted octanol–water partition coefficient (Wildman–Crippen LogP) is 4.08. The summed E-state index contributed by atoms with van der Waals surface area (Å²) in [6, 6.07) is 6.72. The van der Waals surface area contributed by atoms with E-state index in [4.69, 9.17) is 4.74 Å². The molecule has 0 spiro atoms. The minimum atomic E-state index is 0. The van der Waals surface area contributed by atoms with Crippen LogP contribution in [0.2, 0.25) is 0 Å². The van der Waals surface area contributed by atoms with E-state index in [1.54, 1.807) is 0 Å². The summed E-state index contributed by atoms with van der Waals surface area (Å²) in [5, 5.41) is 3.56. The normalized spacial score (nSPS) is 19.5. The molecule has 0 radical (unpaired) electrons. The van der Waals surface area contributed by atoms with Gasteiger partial charge in [-0.3, -0.25) is 0 Å². The summed E-state index contributed by atoms with van der Waals surface area (Å²) in [5.41, 5.74) is 1.29. The molecule has 1 aromatic rings. The van der Waals surface area contributed by atoms with Gasteiger partial charge in [-0.15, -0.1) is 12.4 Å². The minimum absolute atomic E-state index is 0. The molecule has 0 saturated carbocycles. The summed E-state index contributed by atoms with van der Waals surface area (Å²) in [6.07, 6.45) is 3.79. The van der Waals surface area contributed by atoms with Crippen molar-refractivity contribution in [2.24, 2.45) is 0 Å². The maximum absolute atomic E-state index is 5.68. The van der Waals surface area contributed by atoms with E-state index in [-0.39, 0.29) is 12.4 Å². The Morgan fingerprint density at radius 2 is 2.24 bits per heavy atom. The van der Waals surface area contributed by atoms with Gasteiger partial charge in [0.2, 0.25) is 0 Å². The number of piperidine rings is 1. The van der Waals surface area contributed by atoms with Gasteiger partial charge in [0.25, 0.3) is 0 Å². The number of benzene rings is 1. The lowest BCUT2D eigenvalue weighted by atomic mass is 9.97. The van der Waals surface area contributed by atoms with Gasteiger partial charge in [0, 0.05) is 16.1 Å². The van der Waals surface area contributed by atoms with E-state index in [0.717, 1.165) is 23.4 Å². The third-order valence-corrected chi connectivity index (χ3v) is 3.45. The van der Waals surface area contributed by atoms with Gasteiger partial charge in [0.05, 0.1) is 6.61 Å². The van der Waals surface area contributed by atoms with Crippen LogP contribution >= 0.6 is 28.3 Å². The average molecular weight is 321 g/mol. The van der Waals surface area contributed by atoms with Crippen LogP contribution in [-0.2, 0) is 0 Å². The molecule has 1 aliphatic heterocycles. The largest absolute Gasteiger partial charge is 0.494 e. The van der Waals surface area contributed by atoms with E-state index < -0.39 is 0 Å². The van der Waals surface area contributed by atoms with Gasteiger partial charge in [0.15, 0.2) is 0 Å². The van der Waals surface area contributed by atoms with Crippen molar-refractivity contribution in [2.75, 3.05) is 13.2 Å². The van der Waals surface area contributed by atoms with Crippen molar-refractivity contribution in [3.63, 3.8) is 0 Å². The van der Waals surface area contributed by atoms with Crippen LogP contribution in [0.25, 0.3) is 0 Å². The predicted molar refractivity (Wildman–Crippen MR) is 77.2 cm³/mol. The first-order valence-electron chi connectivity index (χ1n) is 5.97. The van der Waals surface area contributed by atoms with Crippen LogP contribution in [0.5, 0.6) is 5.75 Å². The first-order valence-corrected chi connectivity index (χ1v) is 6.76. The van der Waals surface area contributed by atoms with E-state index in [2.05, 4.69) is 33.4 Å². The maximum atomic E-state index is 5.68. The Morgan fingerprint density at radius 1 is 1.41 bits per heavy atom. The fourth-order valence-corrected chi connectivity index (χ4v) is 2.57. The molecule has 1 N–H and O–H groups in total. The van der Waals surface area contributed by atoms with Crippen LogP contribution in [-0.4, -0.2) is 13.2 Å². The highest BCUT2D eigenvalue weighted by molar-refractivity contribution is 9.10. The average Bonchev–Trinajstić information content (AvgIpc) is 2.33. The molecule has 2 nitrogen and oxygen atoms in total. The van der Waals surface area contributed by atoms with Crippen molar-refractivity contribution in [1.82, 2.24) is 5.32 Å². The van der Waals surface area contributed by atoms with Crippen molar-refractivity contribution in [1.29, 1.82) is 0 Å². The van der Waals surface area contributed by atoms with E-state index in [9.17, 15) is 0 Å². The quantitative estimate of drug-likeness (QED) is 0.906. The second kappa shape index (κ2) is 7.24. The molecule has 1 heterocycles. The zero-order chi connectivity index (χ0) is 11.4. The van der Waals surface area contributed by atoms with Gasteiger partial charge in [-0.25, -0.2) is 0 Å². The van der Waals surface area contributed by atoms with Crippen molar-refractivity contribution in [3.8, 4) is 5.75 Å². The zero-order valence-corrected chi connectivity index (χ0v) is 12.4. The molecule has 1 aliphatic rings. The molecule has 1 aromatic carbocycles. The number of hydrogen-bond acceptors (Lipinski definition) is 2. The highest BCUT2D eigenvalue weighted by atomic mass is 79.9. The number of ether oxygens (including phenoxy) is 1. The first kappa shape index (κ1) is 14.8. The Morgan fingerprint density at radius 3 is 2.88 bits per heavy atom. The molecular weight excluding hydrogens is 302 g/mol. The second-order valence-electron chi connectivity index (χ2n) is 4.12. The molecule has 0 aliphatic carbocycles. The van der Waals surface area contributed by atoms with Gasteiger partial charge in [-0.2, -0.15) is 0 Å². The van der Waals surface area contributed by atoms with E-state index in [0.29, 0.717) is 6.04 Å². The molecule has 2 rings (SSSR count). The van der Waals surface area contributed by atoms with Crippen molar-refractivity contribution in [3.05, 3.63) is 28.2 Å². The standard InChI is InChI=1S/C13H18BrNO.ClH/c1-2-16-13-7-6-10(14)9-11(13)12-5-3-4-8-15-12;/h6-7,9,12,15H,2-5,8H2,1H3;1H/t12-;/m1./s1. The summed E-state index contributed by atoms with van der Waals surface area (Å²) < 4.78 is 6.81. The Kier molecular flexibility index (Phi) is 6.31. The van der Waals surface area contributed by atoms with Crippen molar-refractivity contribution >= 4 is 28.3 Å². The van der Waals surface area contributed by atoms with E-state index >= 15 is 0 Å². The summed E-state index contributed by atoms with van der Waals surface area (Å²) in [5.74, 6) is 1.02. The number of nitrogens with one attached hydrogen (secondary N) is 1. The fraction of sp³-hybridized carbons (Fsp3) is 0.538. The van der Waals surface area contributed by atoms with Gasteiger partial charge in [-0.05, 0) is 44.5 Å². The van der Waals surface area contributed by atoms with Crippen LogP contribution in [0.1, 0.15) is 37.8 Å². The zero-order valence-electron chi connectivity index (χ0n) is 10.0. The second-order valence-corrected chi connectivity index (χ2v) is 5.03. The molecule has 4 heteroatoms. The summed E-state index contributed by atoms with van der Waals surface area (Å²) in [4.78, 5) is 0. The monoisotopic (exact) mass is 319 g/mol. The van der Waals surface area contributed by atoms with Gasteiger partial charge in [0.1, 0.15) is 5.75 Å². The molecule has 0 unspecified atom stereocenters. The summed E-state index contributed by atoms with van der Waals surface area (Å²) >= 11 is 3.53. The lowest BCUT2D eigenvalue weighted by Crippen LogP contribution is -2.27. The summed E-state index contributed by atoms with van der Waals surface area (Å²) in [6.45, 7) is 3.87. The number of rotatable bonds is 3. The Bertz CT molecular complexity index is 353. The minimum Gasteiger partial charge on any atom is -0.494 e. The smallest absolute Gasteiger partial charge is 0.124 e. The Hall–Kier alpha value is -0.250. The van der Waals surface area contributed by atoms with E-state index in [1.807, 2.05) is 13.0 Å².